The van der Waals surface area contributed by atoms with Gasteiger partial charge in [0.1, 0.15) is 5.60 Å². The van der Waals surface area contributed by atoms with E-state index in [4.69, 9.17) is 4.74 Å². The van der Waals surface area contributed by atoms with E-state index in [0.717, 1.165) is 58.4 Å². The van der Waals surface area contributed by atoms with Crippen LogP contribution in [0.2, 0.25) is 0 Å². The summed E-state index contributed by atoms with van der Waals surface area (Å²) in [5.74, 6) is 0. The summed E-state index contributed by atoms with van der Waals surface area (Å²) in [5, 5.41) is 13.1. The lowest BCUT2D eigenvalue weighted by molar-refractivity contribution is 0.0236. The van der Waals surface area contributed by atoms with E-state index in [9.17, 15) is 4.79 Å². The summed E-state index contributed by atoms with van der Waals surface area (Å²) < 4.78 is 5.84. The second kappa shape index (κ2) is 12.8. The molecule has 0 radical (unpaired) electrons. The highest BCUT2D eigenvalue weighted by atomic mass is 16.6. The van der Waals surface area contributed by atoms with Gasteiger partial charge in [-0.05, 0) is 105 Å². The molecule has 3 aromatic carbocycles. The largest absolute Gasteiger partial charge is 0.444 e. The van der Waals surface area contributed by atoms with Crippen LogP contribution in [0.4, 0.5) is 10.5 Å². The molecular weight excluding hydrogens is 538 g/mol. The predicted molar refractivity (Wildman–Crippen MR) is 172 cm³/mol. The highest BCUT2D eigenvalue weighted by Crippen LogP contribution is 2.35. The van der Waals surface area contributed by atoms with Crippen LogP contribution in [-0.2, 0) is 17.7 Å². The highest BCUT2D eigenvalue weighted by Gasteiger charge is 2.25. The molecule has 1 aromatic heterocycles. The van der Waals surface area contributed by atoms with Crippen molar-refractivity contribution in [1.82, 2.24) is 20.5 Å². The van der Waals surface area contributed by atoms with E-state index < -0.39 is 5.60 Å². The smallest absolute Gasteiger partial charge is 0.410 e. The Labute approximate surface area is 254 Å². The van der Waals surface area contributed by atoms with Crippen molar-refractivity contribution in [2.45, 2.75) is 73.0 Å². The summed E-state index contributed by atoms with van der Waals surface area (Å²) >= 11 is 0. The minimum Gasteiger partial charge on any atom is -0.444 e. The highest BCUT2D eigenvalue weighted by molar-refractivity contribution is 5.93. The second-order valence-corrected chi connectivity index (χ2v) is 12.3. The maximum atomic E-state index is 13.4. The summed E-state index contributed by atoms with van der Waals surface area (Å²) in [6.45, 7) is 13.8. The lowest BCUT2D eigenvalue weighted by Gasteiger charge is -2.28. The van der Waals surface area contributed by atoms with Gasteiger partial charge in [-0.3, -0.25) is 0 Å². The van der Waals surface area contributed by atoms with Gasteiger partial charge in [-0.2, -0.15) is 15.8 Å². The van der Waals surface area contributed by atoms with Crippen molar-refractivity contribution in [2.24, 2.45) is 10.4 Å². The van der Waals surface area contributed by atoms with E-state index >= 15 is 0 Å². The van der Waals surface area contributed by atoms with Gasteiger partial charge in [-0.25, -0.2) is 4.79 Å². The van der Waals surface area contributed by atoms with Gasteiger partial charge in [0.15, 0.2) is 0 Å². The van der Waals surface area contributed by atoms with Crippen molar-refractivity contribution in [2.75, 3.05) is 18.2 Å². The molecule has 0 bridgehead atoms. The number of fused-ring (bicyclic) bond motifs is 1. The number of anilines is 1. The van der Waals surface area contributed by atoms with Gasteiger partial charge in [0, 0.05) is 29.7 Å². The summed E-state index contributed by atoms with van der Waals surface area (Å²) in [7, 11) is 0. The summed E-state index contributed by atoms with van der Waals surface area (Å²) in [6, 6.07) is 23.0. The van der Waals surface area contributed by atoms with Crippen LogP contribution in [0.5, 0.6) is 0 Å². The number of nitrogens with one attached hydrogen (secondary N) is 2. The zero-order chi connectivity index (χ0) is 30.6. The fourth-order valence-corrected chi connectivity index (χ4v) is 5.45. The number of aromatic amines is 1. The van der Waals surface area contributed by atoms with Crippen LogP contribution in [0.1, 0.15) is 62.8 Å². The number of hydrazine groups is 2. The number of carbonyl (C=O) groups excluding carboxylic acids is 1. The van der Waals surface area contributed by atoms with Crippen molar-refractivity contribution in [3.63, 3.8) is 0 Å². The van der Waals surface area contributed by atoms with E-state index in [1.54, 1.807) is 4.90 Å². The molecule has 2 N–H and O–H groups in total. The number of aromatic nitrogens is 1. The molecule has 0 unspecified atom stereocenters. The molecule has 0 atom stereocenters. The quantitative estimate of drug-likeness (QED) is 0.198. The Hall–Kier alpha value is -4.53. The SMILES string of the molecule is CCCCN1N=NNN1c1ccc2[nH]c(-c3cc(C)cc(C)c3)c(CCN(Cc3ccccc3)C(=O)OC(C)(C)C)c2c1. The summed E-state index contributed by atoms with van der Waals surface area (Å²) in [6.07, 6.45) is 2.39. The molecule has 0 saturated heterocycles. The van der Waals surface area contributed by atoms with Gasteiger partial charge < -0.3 is 14.6 Å². The Morgan fingerprint density at radius 3 is 2.44 bits per heavy atom. The van der Waals surface area contributed by atoms with Gasteiger partial charge in [0.05, 0.1) is 12.2 Å². The van der Waals surface area contributed by atoms with Crippen LogP contribution < -0.4 is 10.7 Å². The molecular formula is C34H43N7O2. The van der Waals surface area contributed by atoms with E-state index in [1.165, 1.54) is 11.1 Å². The summed E-state index contributed by atoms with van der Waals surface area (Å²) in [4.78, 5) is 18.9. The first kappa shape index (κ1) is 29.9. The maximum Gasteiger partial charge on any atom is 0.410 e. The lowest BCUT2D eigenvalue weighted by atomic mass is 9.99. The molecule has 4 aromatic rings. The number of aryl methyl sites for hydroxylation is 2. The lowest BCUT2D eigenvalue weighted by Crippen LogP contribution is -2.42. The van der Waals surface area contributed by atoms with E-state index in [2.05, 4.69) is 78.1 Å². The zero-order valence-electron chi connectivity index (χ0n) is 26.1. The van der Waals surface area contributed by atoms with Gasteiger partial charge >= 0.3 is 6.09 Å². The topological polar surface area (TPSA) is 88.6 Å². The van der Waals surface area contributed by atoms with Crippen LogP contribution in [0.15, 0.2) is 77.2 Å². The number of hydrogen-bond acceptors (Lipinski definition) is 7. The Balaban J connectivity index is 1.53. The first-order valence-electron chi connectivity index (χ1n) is 15.1. The molecule has 0 saturated carbocycles. The zero-order valence-corrected chi connectivity index (χ0v) is 26.1. The Morgan fingerprint density at radius 2 is 1.74 bits per heavy atom. The number of rotatable bonds is 10. The molecule has 43 heavy (non-hydrogen) atoms. The molecule has 5 rings (SSSR count). The standard InChI is InChI=1S/C34H43N7O2/c1-7-8-17-40-37-36-38-41(40)28-14-15-31-30(22-28)29(32(35-31)27-20-24(2)19-25(3)21-27)16-18-39(33(42)43-34(4,5)6)23-26-12-10-9-11-13-26/h9-15,19-22,35H,7-8,16-18,23H2,1-6H3,(H,37,38). The van der Waals surface area contributed by atoms with Crippen molar-refractivity contribution < 1.29 is 9.53 Å². The second-order valence-electron chi connectivity index (χ2n) is 12.3. The molecule has 9 heteroatoms. The number of ether oxygens (including phenoxy) is 1. The number of carbonyl (C=O) groups is 1. The molecule has 0 fully saturated rings. The minimum absolute atomic E-state index is 0.319. The number of unbranched alkanes of at least 4 members (excludes halogenated alkanes) is 1. The van der Waals surface area contributed by atoms with Crippen molar-refractivity contribution in [3.8, 4) is 11.3 Å². The Kier molecular flexibility index (Phi) is 8.89. The molecule has 2 heterocycles. The first-order chi connectivity index (χ1) is 20.6. The average molecular weight is 582 g/mol. The number of hydrogen-bond donors (Lipinski definition) is 2. The van der Waals surface area contributed by atoms with E-state index in [-0.39, 0.29) is 6.09 Å². The van der Waals surface area contributed by atoms with Crippen LogP contribution in [0.25, 0.3) is 22.2 Å². The van der Waals surface area contributed by atoms with Crippen LogP contribution >= 0.6 is 0 Å². The number of benzene rings is 3. The van der Waals surface area contributed by atoms with Gasteiger partial charge in [0.25, 0.3) is 0 Å². The van der Waals surface area contributed by atoms with E-state index in [0.29, 0.717) is 19.5 Å². The molecule has 1 amide bonds. The summed E-state index contributed by atoms with van der Waals surface area (Å²) in [5.41, 5.74) is 11.2. The van der Waals surface area contributed by atoms with Gasteiger partial charge in [-0.1, -0.05) is 60.9 Å². The molecule has 226 valence electrons. The molecule has 1 aliphatic rings. The Bertz CT molecular complexity index is 1570. The van der Waals surface area contributed by atoms with Gasteiger partial charge in [-0.15, -0.1) is 0 Å². The predicted octanol–water partition coefficient (Wildman–Crippen LogP) is 8.06. The molecule has 1 aliphatic heterocycles. The number of nitrogens with zero attached hydrogens (tertiary/aromatic N) is 5. The van der Waals surface area contributed by atoms with Crippen LogP contribution in [0, 0.1) is 13.8 Å². The average Bonchev–Trinajstić information content (AvgIpc) is 3.57. The molecule has 0 aliphatic carbocycles. The Morgan fingerprint density at radius 1 is 1.00 bits per heavy atom. The van der Waals surface area contributed by atoms with Crippen molar-refractivity contribution in [1.29, 1.82) is 0 Å². The third kappa shape index (κ3) is 7.28. The van der Waals surface area contributed by atoms with Crippen molar-refractivity contribution >= 4 is 22.7 Å². The number of amides is 1. The normalized spacial score (nSPS) is 13.1. The first-order valence-corrected chi connectivity index (χ1v) is 15.1. The fourth-order valence-electron chi connectivity index (χ4n) is 5.45. The fraction of sp³-hybridized carbons (Fsp3) is 0.382. The maximum absolute atomic E-state index is 13.4. The monoisotopic (exact) mass is 581 g/mol. The van der Waals surface area contributed by atoms with Crippen LogP contribution in [0.3, 0.4) is 0 Å². The molecule has 9 nitrogen and oxygen atoms in total. The minimum atomic E-state index is -0.589. The third-order valence-corrected chi connectivity index (χ3v) is 7.37. The van der Waals surface area contributed by atoms with Gasteiger partial charge in [0.2, 0.25) is 0 Å². The van der Waals surface area contributed by atoms with E-state index in [1.807, 2.05) is 61.3 Å². The molecule has 0 spiro atoms. The van der Waals surface area contributed by atoms with Crippen molar-refractivity contribution in [3.05, 3.63) is 89.0 Å². The van der Waals surface area contributed by atoms with Crippen LogP contribution in [-0.4, -0.2) is 39.8 Å². The number of H-pyrrole nitrogens is 1. The third-order valence-electron chi connectivity index (χ3n) is 7.37.